The third-order valence-electron chi connectivity index (χ3n) is 3.37. The van der Waals surface area contributed by atoms with Crippen molar-refractivity contribution in [2.24, 2.45) is 0 Å². The molecule has 0 radical (unpaired) electrons. The molecule has 0 aliphatic heterocycles. The predicted molar refractivity (Wildman–Crippen MR) is 81.0 cm³/mol. The SMILES string of the molecule is COc1ccc(CNC(=O)c2ccc(C=O)cc2)c(C(F)(F)F)c1. The van der Waals surface area contributed by atoms with Gasteiger partial charge < -0.3 is 10.1 Å². The minimum atomic E-state index is -4.56. The number of hydrogen-bond acceptors (Lipinski definition) is 3. The summed E-state index contributed by atoms with van der Waals surface area (Å²) in [6.45, 7) is -0.285. The molecule has 7 heteroatoms. The number of carbonyl (C=O) groups is 2. The Morgan fingerprint density at radius 1 is 1.17 bits per heavy atom. The standard InChI is InChI=1S/C17H14F3NO3/c1-24-14-7-6-13(15(8-14)17(18,19)20)9-21-16(23)12-4-2-11(10-22)3-5-12/h2-8,10H,9H2,1H3,(H,21,23). The highest BCUT2D eigenvalue weighted by molar-refractivity contribution is 5.94. The average molecular weight is 337 g/mol. The number of carbonyl (C=O) groups excluding carboxylic acids is 2. The smallest absolute Gasteiger partial charge is 0.416 e. The van der Waals surface area contributed by atoms with Crippen LogP contribution in [0.25, 0.3) is 0 Å². The van der Waals surface area contributed by atoms with E-state index in [0.717, 1.165) is 6.07 Å². The van der Waals surface area contributed by atoms with Crippen molar-refractivity contribution in [1.29, 1.82) is 0 Å². The van der Waals surface area contributed by atoms with Crippen molar-refractivity contribution in [3.05, 3.63) is 64.7 Å². The number of amides is 1. The molecule has 0 aliphatic rings. The summed E-state index contributed by atoms with van der Waals surface area (Å²) in [6.07, 6.45) is -3.92. The molecule has 0 aliphatic carbocycles. The Balaban J connectivity index is 2.15. The van der Waals surface area contributed by atoms with Crippen molar-refractivity contribution >= 4 is 12.2 Å². The fourth-order valence-electron chi connectivity index (χ4n) is 2.09. The first kappa shape index (κ1) is 17.5. The Kier molecular flexibility index (Phi) is 5.23. The van der Waals surface area contributed by atoms with Crippen LogP contribution >= 0.6 is 0 Å². The molecule has 2 aromatic rings. The second-order valence-electron chi connectivity index (χ2n) is 4.94. The molecule has 126 valence electrons. The Morgan fingerprint density at radius 3 is 2.38 bits per heavy atom. The van der Waals surface area contributed by atoms with Crippen LogP contribution in [0.2, 0.25) is 0 Å². The summed E-state index contributed by atoms with van der Waals surface area (Å²) in [5, 5.41) is 2.43. The van der Waals surface area contributed by atoms with Gasteiger partial charge in [-0.05, 0) is 29.8 Å². The van der Waals surface area contributed by atoms with E-state index < -0.39 is 17.6 Å². The maximum absolute atomic E-state index is 13.1. The molecule has 0 saturated carbocycles. The number of benzene rings is 2. The van der Waals surface area contributed by atoms with Crippen molar-refractivity contribution in [3.8, 4) is 5.75 Å². The molecule has 0 heterocycles. The first-order chi connectivity index (χ1) is 11.3. The minimum Gasteiger partial charge on any atom is -0.497 e. The zero-order valence-corrected chi connectivity index (χ0v) is 12.7. The van der Waals surface area contributed by atoms with Gasteiger partial charge in [0.1, 0.15) is 12.0 Å². The van der Waals surface area contributed by atoms with Crippen LogP contribution in [0.4, 0.5) is 13.2 Å². The number of alkyl halides is 3. The zero-order chi connectivity index (χ0) is 17.7. The Hall–Kier alpha value is -2.83. The quantitative estimate of drug-likeness (QED) is 0.850. The van der Waals surface area contributed by atoms with Gasteiger partial charge in [-0.3, -0.25) is 9.59 Å². The molecule has 0 aromatic heterocycles. The lowest BCUT2D eigenvalue weighted by Crippen LogP contribution is -2.24. The van der Waals surface area contributed by atoms with Crippen LogP contribution in [0, 0.1) is 0 Å². The van der Waals surface area contributed by atoms with Gasteiger partial charge >= 0.3 is 6.18 Å². The van der Waals surface area contributed by atoms with Crippen molar-refractivity contribution in [3.63, 3.8) is 0 Å². The normalized spacial score (nSPS) is 11.0. The second-order valence-corrected chi connectivity index (χ2v) is 4.94. The molecule has 1 N–H and O–H groups in total. The monoisotopic (exact) mass is 337 g/mol. The lowest BCUT2D eigenvalue weighted by molar-refractivity contribution is -0.138. The maximum Gasteiger partial charge on any atom is 0.416 e. The number of ether oxygens (including phenoxy) is 1. The minimum absolute atomic E-state index is 0.0684. The molecular weight excluding hydrogens is 323 g/mol. The van der Waals surface area contributed by atoms with E-state index in [0.29, 0.717) is 11.8 Å². The van der Waals surface area contributed by atoms with Gasteiger partial charge in [-0.15, -0.1) is 0 Å². The lowest BCUT2D eigenvalue weighted by atomic mass is 10.1. The Bertz CT molecular complexity index is 740. The molecular formula is C17H14F3NO3. The molecule has 4 nitrogen and oxygen atoms in total. The fraction of sp³-hybridized carbons (Fsp3) is 0.176. The van der Waals surface area contributed by atoms with E-state index in [4.69, 9.17) is 4.74 Å². The highest BCUT2D eigenvalue weighted by Crippen LogP contribution is 2.34. The molecule has 0 atom stereocenters. The average Bonchev–Trinajstić information content (AvgIpc) is 2.58. The van der Waals surface area contributed by atoms with Crippen LogP contribution in [0.15, 0.2) is 42.5 Å². The number of nitrogens with one attached hydrogen (secondary N) is 1. The molecule has 0 spiro atoms. The van der Waals surface area contributed by atoms with E-state index in [9.17, 15) is 22.8 Å². The first-order valence-corrected chi connectivity index (χ1v) is 6.92. The number of hydrogen-bond donors (Lipinski definition) is 1. The van der Waals surface area contributed by atoms with Gasteiger partial charge in [0.2, 0.25) is 0 Å². The van der Waals surface area contributed by atoms with Crippen LogP contribution in [-0.4, -0.2) is 19.3 Å². The van der Waals surface area contributed by atoms with Crippen LogP contribution in [0.3, 0.4) is 0 Å². The molecule has 0 fully saturated rings. The summed E-state index contributed by atoms with van der Waals surface area (Å²) in [5.74, 6) is -0.446. The summed E-state index contributed by atoms with van der Waals surface area (Å²) < 4.78 is 44.1. The molecule has 0 saturated heterocycles. The molecule has 2 aromatic carbocycles. The predicted octanol–water partition coefficient (Wildman–Crippen LogP) is 3.46. The highest BCUT2D eigenvalue weighted by atomic mass is 19.4. The van der Waals surface area contributed by atoms with Gasteiger partial charge in [-0.1, -0.05) is 18.2 Å². The summed E-state index contributed by atoms with van der Waals surface area (Å²) in [6, 6.07) is 9.32. The number of aldehydes is 1. The van der Waals surface area contributed by atoms with Crippen molar-refractivity contribution in [2.75, 3.05) is 7.11 Å². The van der Waals surface area contributed by atoms with E-state index in [2.05, 4.69) is 5.32 Å². The zero-order valence-electron chi connectivity index (χ0n) is 12.7. The second kappa shape index (κ2) is 7.16. The van der Waals surface area contributed by atoms with E-state index in [1.807, 2.05) is 0 Å². The van der Waals surface area contributed by atoms with Gasteiger partial charge in [0.15, 0.2) is 0 Å². The largest absolute Gasteiger partial charge is 0.497 e. The summed E-state index contributed by atoms with van der Waals surface area (Å²) in [7, 11) is 1.28. The van der Waals surface area contributed by atoms with Gasteiger partial charge in [0.05, 0.1) is 12.7 Å². The van der Waals surface area contributed by atoms with Crippen LogP contribution in [0.5, 0.6) is 5.75 Å². The summed E-state index contributed by atoms with van der Waals surface area (Å²) in [4.78, 5) is 22.6. The van der Waals surface area contributed by atoms with E-state index in [1.165, 1.54) is 43.5 Å². The van der Waals surface area contributed by atoms with E-state index in [1.54, 1.807) is 0 Å². The topological polar surface area (TPSA) is 55.4 Å². The molecule has 0 unspecified atom stereocenters. The fourth-order valence-corrected chi connectivity index (χ4v) is 2.09. The van der Waals surface area contributed by atoms with Gasteiger partial charge in [0.25, 0.3) is 5.91 Å². The number of halogens is 3. The number of rotatable bonds is 5. The summed E-state index contributed by atoms with van der Waals surface area (Å²) in [5.41, 5.74) is -0.275. The molecule has 24 heavy (non-hydrogen) atoms. The molecule has 2 rings (SSSR count). The molecule has 1 amide bonds. The van der Waals surface area contributed by atoms with E-state index in [-0.39, 0.29) is 23.4 Å². The van der Waals surface area contributed by atoms with Crippen LogP contribution < -0.4 is 10.1 Å². The van der Waals surface area contributed by atoms with Crippen LogP contribution in [0.1, 0.15) is 31.8 Å². The third kappa shape index (κ3) is 4.13. The van der Waals surface area contributed by atoms with Gasteiger partial charge in [0, 0.05) is 17.7 Å². The van der Waals surface area contributed by atoms with Crippen molar-refractivity contribution < 1.29 is 27.5 Å². The number of methoxy groups -OCH3 is 1. The lowest BCUT2D eigenvalue weighted by Gasteiger charge is -2.15. The van der Waals surface area contributed by atoms with Crippen LogP contribution in [-0.2, 0) is 12.7 Å². The van der Waals surface area contributed by atoms with Gasteiger partial charge in [-0.25, -0.2) is 0 Å². The Labute approximate surface area is 136 Å². The van der Waals surface area contributed by atoms with Crippen molar-refractivity contribution in [2.45, 2.75) is 12.7 Å². The Morgan fingerprint density at radius 2 is 1.83 bits per heavy atom. The van der Waals surface area contributed by atoms with E-state index >= 15 is 0 Å². The maximum atomic E-state index is 13.1. The molecule has 0 bridgehead atoms. The van der Waals surface area contributed by atoms with Gasteiger partial charge in [-0.2, -0.15) is 13.2 Å². The summed E-state index contributed by atoms with van der Waals surface area (Å²) >= 11 is 0. The van der Waals surface area contributed by atoms with Crippen molar-refractivity contribution in [1.82, 2.24) is 5.32 Å². The highest BCUT2D eigenvalue weighted by Gasteiger charge is 2.33. The first-order valence-electron chi connectivity index (χ1n) is 6.92. The third-order valence-corrected chi connectivity index (χ3v) is 3.37.